The van der Waals surface area contributed by atoms with Crippen LogP contribution in [0.3, 0.4) is 0 Å². The van der Waals surface area contributed by atoms with E-state index in [4.69, 9.17) is 14.2 Å². The quantitative estimate of drug-likeness (QED) is 0.423. The predicted molar refractivity (Wildman–Crippen MR) is 119 cm³/mol. The number of hydrogen-bond acceptors (Lipinski definition) is 4. The van der Waals surface area contributed by atoms with Crippen molar-refractivity contribution in [3.05, 3.63) is 84.4 Å². The molecule has 0 unspecified atom stereocenters. The van der Waals surface area contributed by atoms with E-state index in [9.17, 15) is 4.79 Å². The second-order valence-electron chi connectivity index (χ2n) is 6.69. The Hall–Kier alpha value is -3.47. The normalized spacial score (nSPS) is 10.3. The van der Waals surface area contributed by atoms with Crippen LogP contribution in [0.5, 0.6) is 17.2 Å². The second-order valence-corrected chi connectivity index (χ2v) is 6.69. The fourth-order valence-electron chi connectivity index (χ4n) is 2.76. The van der Waals surface area contributed by atoms with E-state index in [0.717, 1.165) is 18.6 Å². The van der Waals surface area contributed by atoms with Crippen LogP contribution in [0.15, 0.2) is 78.9 Å². The molecule has 0 heterocycles. The lowest BCUT2D eigenvalue weighted by atomic mass is 10.2. The third-order valence-electron chi connectivity index (χ3n) is 4.37. The van der Waals surface area contributed by atoms with Crippen LogP contribution in [0.2, 0.25) is 0 Å². The number of hydrogen-bond donors (Lipinski definition) is 1. The first-order valence-corrected chi connectivity index (χ1v) is 10.2. The van der Waals surface area contributed by atoms with Gasteiger partial charge in [-0.1, -0.05) is 43.7 Å². The zero-order valence-electron chi connectivity index (χ0n) is 17.2. The van der Waals surface area contributed by atoms with E-state index < -0.39 is 0 Å². The van der Waals surface area contributed by atoms with Gasteiger partial charge in [0.15, 0.2) is 0 Å². The number of ether oxygens (including phenoxy) is 3. The maximum Gasteiger partial charge on any atom is 0.255 e. The number of nitrogens with one attached hydrogen (secondary N) is 1. The Balaban J connectivity index is 1.49. The van der Waals surface area contributed by atoms with E-state index in [-0.39, 0.29) is 5.91 Å². The van der Waals surface area contributed by atoms with Gasteiger partial charge in [0.25, 0.3) is 5.91 Å². The maximum atomic E-state index is 12.6. The van der Waals surface area contributed by atoms with Gasteiger partial charge in [0, 0.05) is 5.56 Å². The van der Waals surface area contributed by atoms with Gasteiger partial charge < -0.3 is 19.5 Å². The Morgan fingerprint density at radius 1 is 0.733 bits per heavy atom. The van der Waals surface area contributed by atoms with Crippen molar-refractivity contribution in [2.45, 2.75) is 19.8 Å². The number of carbonyl (C=O) groups is 1. The van der Waals surface area contributed by atoms with Crippen molar-refractivity contribution in [2.75, 3.05) is 25.1 Å². The molecule has 3 aromatic carbocycles. The summed E-state index contributed by atoms with van der Waals surface area (Å²) >= 11 is 0. The molecule has 1 amide bonds. The lowest BCUT2D eigenvalue weighted by molar-refractivity contribution is 0.102. The van der Waals surface area contributed by atoms with Crippen molar-refractivity contribution >= 4 is 11.6 Å². The molecule has 0 radical (unpaired) electrons. The smallest absolute Gasteiger partial charge is 0.255 e. The second kappa shape index (κ2) is 11.5. The van der Waals surface area contributed by atoms with Gasteiger partial charge in [-0.05, 0) is 55.0 Å². The Morgan fingerprint density at radius 2 is 1.37 bits per heavy atom. The molecule has 0 aliphatic heterocycles. The van der Waals surface area contributed by atoms with Gasteiger partial charge in [-0.25, -0.2) is 0 Å². The number of carbonyl (C=O) groups excluding carboxylic acids is 1. The monoisotopic (exact) mass is 405 g/mol. The van der Waals surface area contributed by atoms with Gasteiger partial charge in [-0.2, -0.15) is 0 Å². The topological polar surface area (TPSA) is 56.8 Å². The molecule has 3 rings (SSSR count). The minimum absolute atomic E-state index is 0.194. The molecule has 0 aromatic heterocycles. The van der Waals surface area contributed by atoms with E-state index in [1.165, 1.54) is 0 Å². The van der Waals surface area contributed by atoms with E-state index in [1.807, 2.05) is 54.6 Å². The van der Waals surface area contributed by atoms with Crippen LogP contribution in [-0.2, 0) is 0 Å². The summed E-state index contributed by atoms with van der Waals surface area (Å²) in [4.78, 5) is 12.6. The molecule has 0 fully saturated rings. The zero-order valence-corrected chi connectivity index (χ0v) is 17.2. The number of benzene rings is 3. The minimum atomic E-state index is -0.194. The lowest BCUT2D eigenvalue weighted by Gasteiger charge is -2.12. The SMILES string of the molecule is CCCCOc1ccccc1NC(=O)c1ccc(OCCOc2ccccc2)cc1. The Bertz CT molecular complexity index is 910. The highest BCUT2D eigenvalue weighted by Gasteiger charge is 2.10. The van der Waals surface area contributed by atoms with Gasteiger partial charge in [0.1, 0.15) is 30.5 Å². The van der Waals surface area contributed by atoms with Crippen molar-refractivity contribution in [1.29, 1.82) is 0 Å². The molecule has 0 aliphatic carbocycles. The summed E-state index contributed by atoms with van der Waals surface area (Å²) in [5.41, 5.74) is 1.21. The van der Waals surface area contributed by atoms with Gasteiger partial charge in [0.2, 0.25) is 0 Å². The molecule has 0 atom stereocenters. The van der Waals surface area contributed by atoms with Crippen molar-refractivity contribution in [1.82, 2.24) is 0 Å². The van der Waals surface area contributed by atoms with Crippen LogP contribution in [0.25, 0.3) is 0 Å². The van der Waals surface area contributed by atoms with Gasteiger partial charge in [-0.15, -0.1) is 0 Å². The summed E-state index contributed by atoms with van der Waals surface area (Å²) in [6, 6.07) is 24.1. The first-order valence-electron chi connectivity index (χ1n) is 10.2. The van der Waals surface area contributed by atoms with Crippen LogP contribution >= 0.6 is 0 Å². The molecule has 0 aliphatic rings. The molecule has 156 valence electrons. The van der Waals surface area contributed by atoms with E-state index in [0.29, 0.717) is 42.6 Å². The van der Waals surface area contributed by atoms with Gasteiger partial charge in [-0.3, -0.25) is 4.79 Å². The number of unbranched alkanes of at least 4 members (excludes halogenated alkanes) is 1. The average Bonchev–Trinajstić information content (AvgIpc) is 2.79. The van der Waals surface area contributed by atoms with E-state index in [1.54, 1.807) is 24.3 Å². The molecule has 5 heteroatoms. The molecule has 3 aromatic rings. The third-order valence-corrected chi connectivity index (χ3v) is 4.37. The highest BCUT2D eigenvalue weighted by atomic mass is 16.5. The predicted octanol–water partition coefficient (Wildman–Crippen LogP) is 5.58. The first-order chi connectivity index (χ1) is 14.8. The van der Waals surface area contributed by atoms with Crippen molar-refractivity contribution in [3.8, 4) is 17.2 Å². The highest BCUT2D eigenvalue weighted by molar-refractivity contribution is 6.05. The maximum absolute atomic E-state index is 12.6. The Kier molecular flexibility index (Phi) is 8.15. The molecule has 0 bridgehead atoms. The van der Waals surface area contributed by atoms with Crippen molar-refractivity contribution < 1.29 is 19.0 Å². The van der Waals surface area contributed by atoms with Crippen LogP contribution in [0.1, 0.15) is 30.1 Å². The van der Waals surface area contributed by atoms with Crippen LogP contribution in [-0.4, -0.2) is 25.7 Å². The summed E-state index contributed by atoms with van der Waals surface area (Å²) in [7, 11) is 0. The molecule has 0 saturated heterocycles. The molecule has 1 N–H and O–H groups in total. The highest BCUT2D eigenvalue weighted by Crippen LogP contribution is 2.25. The van der Waals surface area contributed by atoms with Crippen LogP contribution < -0.4 is 19.5 Å². The summed E-state index contributed by atoms with van der Waals surface area (Å²) in [5.74, 6) is 1.98. The number of amides is 1. The number of rotatable bonds is 11. The summed E-state index contributed by atoms with van der Waals surface area (Å²) in [6.07, 6.45) is 2.03. The lowest BCUT2D eigenvalue weighted by Crippen LogP contribution is -2.13. The Labute approximate surface area is 177 Å². The molecule has 5 nitrogen and oxygen atoms in total. The van der Waals surface area contributed by atoms with Crippen molar-refractivity contribution in [3.63, 3.8) is 0 Å². The molecular weight excluding hydrogens is 378 g/mol. The van der Waals surface area contributed by atoms with Crippen LogP contribution in [0, 0.1) is 0 Å². The van der Waals surface area contributed by atoms with Gasteiger partial charge >= 0.3 is 0 Å². The summed E-state index contributed by atoms with van der Waals surface area (Å²) in [5, 5.41) is 2.92. The zero-order chi connectivity index (χ0) is 21.0. The number of anilines is 1. The van der Waals surface area contributed by atoms with E-state index >= 15 is 0 Å². The van der Waals surface area contributed by atoms with E-state index in [2.05, 4.69) is 12.2 Å². The average molecular weight is 405 g/mol. The molecule has 0 spiro atoms. The fraction of sp³-hybridized carbons (Fsp3) is 0.240. The standard InChI is InChI=1S/C25H27NO4/c1-2-3-17-30-24-12-8-7-11-23(24)26-25(27)20-13-15-22(16-14-20)29-19-18-28-21-9-5-4-6-10-21/h4-16H,2-3,17-19H2,1H3,(H,26,27). The number of para-hydroxylation sites is 3. The van der Waals surface area contributed by atoms with Gasteiger partial charge in [0.05, 0.1) is 12.3 Å². The summed E-state index contributed by atoms with van der Waals surface area (Å²) < 4.78 is 17.1. The molecular formula is C25H27NO4. The van der Waals surface area contributed by atoms with Crippen LogP contribution in [0.4, 0.5) is 5.69 Å². The third kappa shape index (κ3) is 6.55. The molecule has 30 heavy (non-hydrogen) atoms. The minimum Gasteiger partial charge on any atom is -0.491 e. The van der Waals surface area contributed by atoms with Crippen molar-refractivity contribution in [2.24, 2.45) is 0 Å². The Morgan fingerprint density at radius 3 is 2.07 bits per heavy atom. The first kappa shape index (κ1) is 21.2. The largest absolute Gasteiger partial charge is 0.491 e. The molecule has 0 saturated carbocycles. The fourth-order valence-corrected chi connectivity index (χ4v) is 2.76. The summed E-state index contributed by atoms with van der Waals surface area (Å²) in [6.45, 7) is 3.61.